The minimum absolute atomic E-state index is 0.217. The van der Waals surface area contributed by atoms with Crippen molar-refractivity contribution in [3.05, 3.63) is 77.6 Å². The highest BCUT2D eigenvalue weighted by Crippen LogP contribution is 2.45. The molecule has 2 aromatic carbocycles. The van der Waals surface area contributed by atoms with Crippen molar-refractivity contribution in [1.29, 1.82) is 5.26 Å². The summed E-state index contributed by atoms with van der Waals surface area (Å²) in [7, 11) is -4.72. The van der Waals surface area contributed by atoms with E-state index in [1.54, 1.807) is 11.0 Å². The summed E-state index contributed by atoms with van der Waals surface area (Å²) >= 11 is 0. The number of hydrogen-bond acceptors (Lipinski definition) is 5. The molecule has 5 rings (SSSR count). The van der Waals surface area contributed by atoms with Crippen molar-refractivity contribution >= 4 is 15.7 Å². The van der Waals surface area contributed by atoms with Crippen LogP contribution in [0.3, 0.4) is 0 Å². The lowest BCUT2D eigenvalue weighted by Gasteiger charge is -2.45. The van der Waals surface area contributed by atoms with Gasteiger partial charge in [0.05, 0.1) is 16.3 Å². The largest absolute Gasteiger partial charge is 0.479 e. The van der Waals surface area contributed by atoms with Crippen LogP contribution in [0.5, 0.6) is 5.75 Å². The molecule has 1 aromatic heterocycles. The highest BCUT2D eigenvalue weighted by atomic mass is 32.2. The Bertz CT molecular complexity index is 1420. The molecular formula is C24H19F2N3O4S. The van der Waals surface area contributed by atoms with Crippen molar-refractivity contribution < 1.29 is 26.7 Å². The molecule has 1 amide bonds. The molecule has 1 fully saturated rings. The number of alkyl halides is 2. The minimum Gasteiger partial charge on any atom is -0.479 e. The fourth-order valence-corrected chi connectivity index (χ4v) is 5.35. The van der Waals surface area contributed by atoms with E-state index in [-0.39, 0.29) is 11.5 Å². The van der Waals surface area contributed by atoms with Crippen LogP contribution < -0.4 is 4.74 Å². The fraction of sp³-hybridized carbons (Fsp3) is 0.250. The molecule has 7 nitrogen and oxygen atoms in total. The van der Waals surface area contributed by atoms with Gasteiger partial charge in [-0.25, -0.2) is 8.42 Å². The Kier molecular flexibility index (Phi) is 5.17. The maximum absolute atomic E-state index is 13.0. The van der Waals surface area contributed by atoms with Gasteiger partial charge in [-0.2, -0.15) is 14.0 Å². The van der Waals surface area contributed by atoms with Gasteiger partial charge in [-0.15, -0.1) is 0 Å². The number of benzene rings is 2. The third-order valence-electron chi connectivity index (χ3n) is 6.40. The number of fused-ring (bicyclic) bond motifs is 4. The maximum atomic E-state index is 13.0. The molecular weight excluding hydrogens is 464 g/mol. The SMILES string of the molecule is N#Cc1ccc2n1-c1ccccc1OC21CCN(C(=O)c2ccc(S(=O)(=O)C(F)F)cc2)CC1. The maximum Gasteiger partial charge on any atom is 0.341 e. The second kappa shape index (κ2) is 7.95. The number of nitriles is 1. The van der Waals surface area contributed by atoms with Crippen LogP contribution in [-0.2, 0) is 15.4 Å². The average Bonchev–Trinajstić information content (AvgIpc) is 3.30. The number of para-hydroxylation sites is 2. The van der Waals surface area contributed by atoms with E-state index in [1.165, 1.54) is 12.1 Å². The first-order chi connectivity index (χ1) is 16.3. The first kappa shape index (κ1) is 22.1. The molecule has 34 heavy (non-hydrogen) atoms. The van der Waals surface area contributed by atoms with Gasteiger partial charge in [-0.05, 0) is 48.5 Å². The zero-order chi connectivity index (χ0) is 24.1. The zero-order valence-electron chi connectivity index (χ0n) is 17.8. The van der Waals surface area contributed by atoms with Crippen LogP contribution in [0.15, 0.2) is 65.6 Å². The van der Waals surface area contributed by atoms with Crippen molar-refractivity contribution in [3.63, 3.8) is 0 Å². The molecule has 1 spiro atoms. The number of hydrogen-bond donors (Lipinski definition) is 0. The molecule has 3 aromatic rings. The number of sulfone groups is 1. The van der Waals surface area contributed by atoms with Gasteiger partial charge in [0.1, 0.15) is 17.5 Å². The lowest BCUT2D eigenvalue weighted by atomic mass is 9.86. The summed E-state index contributed by atoms with van der Waals surface area (Å²) in [4.78, 5) is 14.1. The molecule has 0 bridgehead atoms. The Balaban J connectivity index is 1.38. The summed E-state index contributed by atoms with van der Waals surface area (Å²) in [5.74, 6) is -3.17. The number of amides is 1. The lowest BCUT2D eigenvalue weighted by molar-refractivity contribution is -0.00937. The fourth-order valence-electron chi connectivity index (χ4n) is 4.63. The average molecular weight is 483 g/mol. The van der Waals surface area contributed by atoms with Crippen LogP contribution in [0.4, 0.5) is 8.78 Å². The normalized spacial score (nSPS) is 16.5. The van der Waals surface area contributed by atoms with Crippen LogP contribution >= 0.6 is 0 Å². The smallest absolute Gasteiger partial charge is 0.341 e. The first-order valence-electron chi connectivity index (χ1n) is 10.6. The Morgan fingerprint density at radius 2 is 1.71 bits per heavy atom. The molecule has 0 atom stereocenters. The van der Waals surface area contributed by atoms with Crippen molar-refractivity contribution in [2.45, 2.75) is 29.1 Å². The third-order valence-corrected chi connectivity index (χ3v) is 7.79. The van der Waals surface area contributed by atoms with E-state index < -0.39 is 26.1 Å². The van der Waals surface area contributed by atoms with Gasteiger partial charge in [0.2, 0.25) is 9.84 Å². The molecule has 10 heteroatoms. The van der Waals surface area contributed by atoms with Crippen molar-refractivity contribution in [2.75, 3.05) is 13.1 Å². The van der Waals surface area contributed by atoms with Gasteiger partial charge >= 0.3 is 5.76 Å². The van der Waals surface area contributed by atoms with Gasteiger partial charge in [0, 0.05) is 31.5 Å². The van der Waals surface area contributed by atoms with E-state index in [4.69, 9.17) is 4.74 Å². The topological polar surface area (TPSA) is 92.4 Å². The monoisotopic (exact) mass is 483 g/mol. The van der Waals surface area contributed by atoms with E-state index in [9.17, 15) is 27.3 Å². The molecule has 174 valence electrons. The Morgan fingerprint density at radius 1 is 1.03 bits per heavy atom. The van der Waals surface area contributed by atoms with Gasteiger partial charge in [0.15, 0.2) is 5.60 Å². The number of carbonyl (C=O) groups is 1. The highest BCUT2D eigenvalue weighted by Gasteiger charge is 2.45. The number of nitrogens with zero attached hydrogens (tertiary/aromatic N) is 3. The van der Waals surface area contributed by atoms with Crippen molar-refractivity contribution in [2.24, 2.45) is 0 Å². The van der Waals surface area contributed by atoms with E-state index in [1.807, 2.05) is 34.9 Å². The number of halogens is 2. The van der Waals surface area contributed by atoms with Crippen molar-refractivity contribution in [1.82, 2.24) is 9.47 Å². The van der Waals surface area contributed by atoms with Crippen LogP contribution in [0.25, 0.3) is 5.69 Å². The third kappa shape index (κ3) is 3.35. The summed E-state index contributed by atoms with van der Waals surface area (Å²) in [5, 5.41) is 9.59. The highest BCUT2D eigenvalue weighted by molar-refractivity contribution is 7.91. The lowest BCUT2D eigenvalue weighted by Crippen LogP contribution is -2.50. The first-order valence-corrected chi connectivity index (χ1v) is 12.1. The van der Waals surface area contributed by atoms with E-state index in [0.29, 0.717) is 37.4 Å². The Hall–Kier alpha value is -3.71. The summed E-state index contributed by atoms with van der Waals surface area (Å²) in [6.45, 7) is 0.732. The van der Waals surface area contributed by atoms with Crippen LogP contribution in [-0.4, -0.2) is 42.6 Å². The number of carbonyl (C=O) groups excluding carboxylic acids is 1. The second-order valence-electron chi connectivity index (χ2n) is 8.24. The van der Waals surface area contributed by atoms with Gasteiger partial charge in [-0.3, -0.25) is 9.36 Å². The quantitative estimate of drug-likeness (QED) is 0.564. The summed E-state index contributed by atoms with van der Waals surface area (Å²) in [6.07, 6.45) is 0.972. The standard InChI is InChI=1S/C24H19F2N3O4S/c25-23(26)34(31,32)18-8-5-16(6-9-18)22(30)28-13-11-24(12-14-28)21-10-7-17(15-27)29(21)19-3-1-2-4-20(19)33-24/h1-10,23H,11-14H2. The Morgan fingerprint density at radius 3 is 2.35 bits per heavy atom. The summed E-state index contributed by atoms with van der Waals surface area (Å²) in [5.41, 5.74) is 1.67. The number of piperidine rings is 1. The van der Waals surface area contributed by atoms with Gasteiger partial charge in [0.25, 0.3) is 5.91 Å². The summed E-state index contributed by atoms with van der Waals surface area (Å²) < 4.78 is 57.1. The number of aromatic nitrogens is 1. The molecule has 0 saturated carbocycles. The number of rotatable bonds is 3. The molecule has 3 heterocycles. The van der Waals surface area contributed by atoms with E-state index in [2.05, 4.69) is 6.07 Å². The molecule has 0 N–H and O–H groups in total. The molecule has 1 saturated heterocycles. The van der Waals surface area contributed by atoms with Crippen LogP contribution in [0, 0.1) is 11.3 Å². The molecule has 0 aliphatic carbocycles. The molecule has 2 aliphatic heterocycles. The van der Waals surface area contributed by atoms with E-state index >= 15 is 0 Å². The molecule has 0 radical (unpaired) electrons. The van der Waals surface area contributed by atoms with Gasteiger partial charge in [-0.1, -0.05) is 12.1 Å². The number of ether oxygens (including phenoxy) is 1. The zero-order valence-corrected chi connectivity index (χ0v) is 18.6. The molecule has 0 unspecified atom stereocenters. The minimum atomic E-state index is -4.72. The predicted molar refractivity (Wildman–Crippen MR) is 118 cm³/mol. The Labute approximate surface area is 194 Å². The second-order valence-corrected chi connectivity index (χ2v) is 10.2. The summed E-state index contributed by atoms with van der Waals surface area (Å²) in [6, 6.07) is 17.9. The number of likely N-dealkylation sites (tertiary alicyclic amines) is 1. The van der Waals surface area contributed by atoms with E-state index in [0.717, 1.165) is 23.5 Å². The molecule has 2 aliphatic rings. The van der Waals surface area contributed by atoms with Gasteiger partial charge < -0.3 is 9.64 Å². The predicted octanol–water partition coefficient (Wildman–Crippen LogP) is 3.87. The van der Waals surface area contributed by atoms with Crippen LogP contribution in [0.1, 0.15) is 34.6 Å². The van der Waals surface area contributed by atoms with Crippen LogP contribution in [0.2, 0.25) is 0 Å². The van der Waals surface area contributed by atoms with Crippen molar-refractivity contribution in [3.8, 4) is 17.5 Å².